The molecular formula is C22H26N2O5S. The highest BCUT2D eigenvalue weighted by Gasteiger charge is 2.26. The summed E-state index contributed by atoms with van der Waals surface area (Å²) in [5, 5.41) is 2.77. The highest BCUT2D eigenvalue weighted by atomic mass is 32.2. The van der Waals surface area contributed by atoms with Gasteiger partial charge in [-0.05, 0) is 62.6 Å². The van der Waals surface area contributed by atoms with Gasteiger partial charge in [0.1, 0.15) is 0 Å². The lowest BCUT2D eigenvalue weighted by Gasteiger charge is -2.26. The Labute approximate surface area is 177 Å². The van der Waals surface area contributed by atoms with Crippen LogP contribution in [0.4, 0.5) is 5.69 Å². The minimum Gasteiger partial charge on any atom is -0.462 e. The van der Waals surface area contributed by atoms with E-state index >= 15 is 0 Å². The molecule has 8 heteroatoms. The number of ether oxygens (including phenoxy) is 1. The van der Waals surface area contributed by atoms with Gasteiger partial charge in [0.15, 0.2) is 0 Å². The van der Waals surface area contributed by atoms with E-state index in [9.17, 15) is 18.0 Å². The monoisotopic (exact) mass is 430 g/mol. The first kappa shape index (κ1) is 22.0. The molecule has 0 aliphatic carbocycles. The number of carbonyl (C=O) groups is 2. The van der Waals surface area contributed by atoms with E-state index in [1.807, 2.05) is 6.92 Å². The summed E-state index contributed by atoms with van der Waals surface area (Å²) in [6.45, 7) is 4.78. The molecule has 160 valence electrons. The summed E-state index contributed by atoms with van der Waals surface area (Å²) in [5.74, 6) is -0.919. The topological polar surface area (TPSA) is 92.8 Å². The molecule has 1 amide bonds. The third-order valence-electron chi connectivity index (χ3n) is 5.05. The van der Waals surface area contributed by atoms with Crippen molar-refractivity contribution in [3.8, 4) is 0 Å². The quantitative estimate of drug-likeness (QED) is 0.707. The summed E-state index contributed by atoms with van der Waals surface area (Å²) in [6.07, 6.45) is 2.71. The molecule has 3 rings (SSSR count). The van der Waals surface area contributed by atoms with Gasteiger partial charge in [0.25, 0.3) is 5.91 Å². The van der Waals surface area contributed by atoms with Crippen LogP contribution in [0.25, 0.3) is 0 Å². The molecule has 0 atom stereocenters. The zero-order chi connectivity index (χ0) is 21.7. The van der Waals surface area contributed by atoms with Gasteiger partial charge in [-0.1, -0.05) is 18.6 Å². The molecule has 7 nitrogen and oxygen atoms in total. The first-order valence-corrected chi connectivity index (χ1v) is 11.5. The number of aryl methyl sites for hydroxylation is 1. The fourth-order valence-electron chi connectivity index (χ4n) is 3.34. The zero-order valence-corrected chi connectivity index (χ0v) is 18.0. The maximum absolute atomic E-state index is 12.9. The molecule has 1 aliphatic heterocycles. The number of carbonyl (C=O) groups excluding carboxylic acids is 2. The molecule has 0 spiro atoms. The number of hydrogen-bond donors (Lipinski definition) is 1. The molecule has 1 saturated heterocycles. The average molecular weight is 431 g/mol. The number of nitrogens with one attached hydrogen (secondary N) is 1. The molecule has 30 heavy (non-hydrogen) atoms. The Bertz CT molecular complexity index is 1040. The van der Waals surface area contributed by atoms with Crippen molar-refractivity contribution >= 4 is 27.6 Å². The van der Waals surface area contributed by atoms with Crippen molar-refractivity contribution < 1.29 is 22.7 Å². The molecule has 0 aromatic heterocycles. The Morgan fingerprint density at radius 1 is 1.03 bits per heavy atom. The fraction of sp³-hybridized carbons (Fsp3) is 0.364. The van der Waals surface area contributed by atoms with Crippen LogP contribution in [0.2, 0.25) is 0 Å². The van der Waals surface area contributed by atoms with Gasteiger partial charge in [-0.3, -0.25) is 4.79 Å². The van der Waals surface area contributed by atoms with Crippen molar-refractivity contribution in [3.63, 3.8) is 0 Å². The standard InChI is InChI=1S/C22H26N2O5S/c1-3-29-22(26)18-11-10-16(2)20(15-18)23-21(25)17-8-7-9-19(14-17)30(27,28)24-12-5-4-6-13-24/h7-11,14-15H,3-6,12-13H2,1-2H3,(H,23,25). The van der Waals surface area contributed by atoms with E-state index in [2.05, 4.69) is 5.32 Å². The smallest absolute Gasteiger partial charge is 0.338 e. The lowest BCUT2D eigenvalue weighted by Crippen LogP contribution is -2.35. The molecule has 0 unspecified atom stereocenters. The van der Waals surface area contributed by atoms with Crippen LogP contribution >= 0.6 is 0 Å². The van der Waals surface area contributed by atoms with Crippen molar-refractivity contribution in [3.05, 3.63) is 59.2 Å². The summed E-state index contributed by atoms with van der Waals surface area (Å²) >= 11 is 0. The van der Waals surface area contributed by atoms with E-state index in [1.54, 1.807) is 37.3 Å². The van der Waals surface area contributed by atoms with Crippen LogP contribution in [0, 0.1) is 6.92 Å². The first-order valence-electron chi connectivity index (χ1n) is 10.0. The molecule has 1 heterocycles. The summed E-state index contributed by atoms with van der Waals surface area (Å²) in [5.41, 5.74) is 1.80. The van der Waals surface area contributed by atoms with E-state index in [0.29, 0.717) is 24.3 Å². The van der Waals surface area contributed by atoms with Gasteiger partial charge in [0.05, 0.1) is 17.1 Å². The predicted molar refractivity (Wildman–Crippen MR) is 114 cm³/mol. The Kier molecular flexibility index (Phi) is 6.89. The SMILES string of the molecule is CCOC(=O)c1ccc(C)c(NC(=O)c2cccc(S(=O)(=O)N3CCCCC3)c2)c1. The highest BCUT2D eigenvalue weighted by molar-refractivity contribution is 7.89. The number of sulfonamides is 1. The second kappa shape index (κ2) is 9.40. The number of nitrogens with zero attached hydrogens (tertiary/aromatic N) is 1. The first-order chi connectivity index (χ1) is 14.3. The lowest BCUT2D eigenvalue weighted by molar-refractivity contribution is 0.0526. The van der Waals surface area contributed by atoms with Gasteiger partial charge in [-0.15, -0.1) is 0 Å². The maximum atomic E-state index is 12.9. The number of benzene rings is 2. The summed E-state index contributed by atoms with van der Waals surface area (Å²) in [7, 11) is -3.63. The van der Waals surface area contributed by atoms with Gasteiger partial charge in [-0.2, -0.15) is 4.31 Å². The molecule has 1 N–H and O–H groups in total. The second-order valence-corrected chi connectivity index (χ2v) is 9.13. The van der Waals surface area contributed by atoms with Gasteiger partial charge in [0.2, 0.25) is 10.0 Å². The van der Waals surface area contributed by atoms with E-state index in [0.717, 1.165) is 24.8 Å². The third-order valence-corrected chi connectivity index (χ3v) is 6.94. The Balaban J connectivity index is 1.82. The summed E-state index contributed by atoms with van der Waals surface area (Å²) in [6, 6.07) is 10.9. The number of anilines is 1. The highest BCUT2D eigenvalue weighted by Crippen LogP contribution is 2.23. The van der Waals surface area contributed by atoms with Gasteiger partial charge >= 0.3 is 5.97 Å². The minimum atomic E-state index is -3.63. The maximum Gasteiger partial charge on any atom is 0.338 e. The van der Waals surface area contributed by atoms with Crippen LogP contribution in [0.5, 0.6) is 0 Å². The molecule has 1 aliphatic rings. The fourth-order valence-corrected chi connectivity index (χ4v) is 4.91. The molecular weight excluding hydrogens is 404 g/mol. The van der Waals surface area contributed by atoms with E-state index in [-0.39, 0.29) is 17.1 Å². The number of esters is 1. The Morgan fingerprint density at radius 3 is 2.47 bits per heavy atom. The van der Waals surface area contributed by atoms with E-state index in [4.69, 9.17) is 4.74 Å². The van der Waals surface area contributed by atoms with Gasteiger partial charge in [0, 0.05) is 24.3 Å². The molecule has 2 aromatic rings. The van der Waals surface area contributed by atoms with Crippen molar-refractivity contribution in [1.82, 2.24) is 4.31 Å². The van der Waals surface area contributed by atoms with Crippen molar-refractivity contribution in [1.29, 1.82) is 0 Å². The third kappa shape index (κ3) is 4.88. The minimum absolute atomic E-state index is 0.106. The number of rotatable bonds is 6. The number of hydrogen-bond acceptors (Lipinski definition) is 5. The van der Waals surface area contributed by atoms with Crippen LogP contribution in [0.1, 0.15) is 52.5 Å². The average Bonchev–Trinajstić information content (AvgIpc) is 2.76. The summed E-state index contributed by atoms with van der Waals surface area (Å²) in [4.78, 5) is 24.9. The number of amides is 1. The predicted octanol–water partition coefficient (Wildman–Crippen LogP) is 3.60. The number of piperidine rings is 1. The Morgan fingerprint density at radius 2 is 1.77 bits per heavy atom. The van der Waals surface area contributed by atoms with Crippen molar-refractivity contribution in [2.75, 3.05) is 25.0 Å². The van der Waals surface area contributed by atoms with Crippen molar-refractivity contribution in [2.24, 2.45) is 0 Å². The summed E-state index contributed by atoms with van der Waals surface area (Å²) < 4.78 is 32.3. The molecule has 2 aromatic carbocycles. The van der Waals surface area contributed by atoms with Crippen LogP contribution in [0.15, 0.2) is 47.4 Å². The van der Waals surface area contributed by atoms with Gasteiger partial charge in [-0.25, -0.2) is 13.2 Å². The zero-order valence-electron chi connectivity index (χ0n) is 17.2. The molecule has 0 radical (unpaired) electrons. The lowest BCUT2D eigenvalue weighted by atomic mass is 10.1. The van der Waals surface area contributed by atoms with Crippen LogP contribution in [-0.2, 0) is 14.8 Å². The molecule has 0 saturated carbocycles. The van der Waals surface area contributed by atoms with Crippen LogP contribution in [0.3, 0.4) is 0 Å². The van der Waals surface area contributed by atoms with Gasteiger partial charge < -0.3 is 10.1 Å². The second-order valence-electron chi connectivity index (χ2n) is 7.20. The largest absolute Gasteiger partial charge is 0.462 e. The van der Waals surface area contributed by atoms with E-state index in [1.165, 1.54) is 16.4 Å². The normalized spacial score (nSPS) is 14.9. The molecule has 0 bridgehead atoms. The van der Waals surface area contributed by atoms with Crippen LogP contribution in [-0.4, -0.2) is 44.3 Å². The van der Waals surface area contributed by atoms with E-state index < -0.39 is 21.9 Å². The van der Waals surface area contributed by atoms with Crippen LogP contribution < -0.4 is 5.32 Å². The van der Waals surface area contributed by atoms with Crippen molar-refractivity contribution in [2.45, 2.75) is 38.0 Å². The molecule has 1 fully saturated rings. The Hall–Kier alpha value is -2.71.